The molecule has 1 aromatic carbocycles. The molecule has 0 saturated carbocycles. The number of carbonyl (C=O) groups is 1. The molecule has 0 atom stereocenters. The van der Waals surface area contributed by atoms with Gasteiger partial charge in [0.15, 0.2) is 0 Å². The first-order valence-corrected chi connectivity index (χ1v) is 8.65. The van der Waals surface area contributed by atoms with E-state index in [1.165, 1.54) is 6.07 Å². The van der Waals surface area contributed by atoms with Gasteiger partial charge < -0.3 is 10.6 Å². The Kier molecular flexibility index (Phi) is 3.83. The van der Waals surface area contributed by atoms with Crippen LogP contribution in [0.1, 0.15) is 35.1 Å². The van der Waals surface area contributed by atoms with E-state index >= 15 is 0 Å². The van der Waals surface area contributed by atoms with Crippen LogP contribution in [0.3, 0.4) is 0 Å². The highest BCUT2D eigenvalue weighted by Gasteiger charge is 2.31. The molecule has 4 rings (SSSR count). The number of hydrogen-bond acceptors (Lipinski definition) is 4. The lowest BCUT2D eigenvalue weighted by Crippen LogP contribution is -2.24. The van der Waals surface area contributed by atoms with Crippen molar-refractivity contribution in [1.82, 2.24) is 14.9 Å². The zero-order chi connectivity index (χ0) is 18.4. The highest BCUT2D eigenvalue weighted by atomic mass is 19.1. The standard InChI is InChI=1S/C20H19FN4O/c1-3-9-25-10-15-17(20(25)26)18(22)14-6-4-5-13(19(14)24-15)12-7-8-16(21)23-11(12)2/h4-8H,3,9-10H2,1-2H3,(H2,22,24). The highest BCUT2D eigenvalue weighted by Crippen LogP contribution is 2.37. The van der Waals surface area contributed by atoms with E-state index in [1.807, 2.05) is 25.1 Å². The van der Waals surface area contributed by atoms with Gasteiger partial charge in [0.2, 0.25) is 5.95 Å². The van der Waals surface area contributed by atoms with Crippen LogP contribution >= 0.6 is 0 Å². The maximum atomic E-state index is 13.4. The van der Waals surface area contributed by atoms with Crippen molar-refractivity contribution in [3.8, 4) is 11.1 Å². The van der Waals surface area contributed by atoms with Crippen molar-refractivity contribution in [3.63, 3.8) is 0 Å². The smallest absolute Gasteiger partial charge is 0.258 e. The van der Waals surface area contributed by atoms with Gasteiger partial charge >= 0.3 is 0 Å². The van der Waals surface area contributed by atoms with Gasteiger partial charge in [-0.05, 0) is 25.5 Å². The molecular weight excluding hydrogens is 331 g/mol. The van der Waals surface area contributed by atoms with Gasteiger partial charge in [-0.2, -0.15) is 4.39 Å². The van der Waals surface area contributed by atoms with Gasteiger partial charge in [-0.3, -0.25) is 4.79 Å². The molecule has 0 aliphatic carbocycles. The molecule has 0 fully saturated rings. The van der Waals surface area contributed by atoms with E-state index in [4.69, 9.17) is 10.7 Å². The fourth-order valence-corrected chi connectivity index (χ4v) is 3.61. The summed E-state index contributed by atoms with van der Waals surface area (Å²) in [6.07, 6.45) is 0.880. The summed E-state index contributed by atoms with van der Waals surface area (Å²) in [4.78, 5) is 23.1. The van der Waals surface area contributed by atoms with Crippen LogP contribution < -0.4 is 5.73 Å². The van der Waals surface area contributed by atoms with Gasteiger partial charge in [-0.15, -0.1) is 0 Å². The normalized spacial score (nSPS) is 13.5. The molecule has 1 amide bonds. The summed E-state index contributed by atoms with van der Waals surface area (Å²) in [6, 6.07) is 8.69. The number of rotatable bonds is 3. The van der Waals surface area contributed by atoms with E-state index in [2.05, 4.69) is 4.98 Å². The first-order chi connectivity index (χ1) is 12.5. The molecule has 6 heteroatoms. The van der Waals surface area contributed by atoms with E-state index in [0.29, 0.717) is 41.2 Å². The van der Waals surface area contributed by atoms with Gasteiger partial charge in [0.25, 0.3) is 5.91 Å². The van der Waals surface area contributed by atoms with E-state index in [9.17, 15) is 9.18 Å². The van der Waals surface area contributed by atoms with E-state index < -0.39 is 5.95 Å². The zero-order valence-electron chi connectivity index (χ0n) is 14.7. The van der Waals surface area contributed by atoms with Crippen molar-refractivity contribution >= 4 is 22.5 Å². The van der Waals surface area contributed by atoms with Crippen molar-refractivity contribution in [3.05, 3.63) is 53.2 Å². The molecule has 0 radical (unpaired) electrons. The number of carbonyl (C=O) groups excluding carboxylic acids is 1. The third kappa shape index (κ3) is 2.41. The number of aryl methyl sites for hydroxylation is 1. The second-order valence-electron chi connectivity index (χ2n) is 6.54. The zero-order valence-corrected chi connectivity index (χ0v) is 14.7. The fourth-order valence-electron chi connectivity index (χ4n) is 3.61. The SMILES string of the molecule is CCCN1Cc2nc3c(-c4ccc(F)nc4C)cccc3c(N)c2C1=O. The number of pyridine rings is 2. The molecule has 0 bridgehead atoms. The summed E-state index contributed by atoms with van der Waals surface area (Å²) >= 11 is 0. The maximum Gasteiger partial charge on any atom is 0.258 e. The average Bonchev–Trinajstić information content (AvgIpc) is 2.91. The Bertz CT molecular complexity index is 1050. The maximum absolute atomic E-state index is 13.4. The van der Waals surface area contributed by atoms with Crippen LogP contribution in [0.2, 0.25) is 0 Å². The average molecular weight is 350 g/mol. The Morgan fingerprint density at radius 3 is 2.73 bits per heavy atom. The Labute approximate surface area is 150 Å². The van der Waals surface area contributed by atoms with Gasteiger partial charge in [0.05, 0.1) is 29.0 Å². The van der Waals surface area contributed by atoms with Crippen molar-refractivity contribution in [2.45, 2.75) is 26.8 Å². The van der Waals surface area contributed by atoms with Crippen LogP contribution in [-0.2, 0) is 6.54 Å². The number of para-hydroxylation sites is 1. The molecule has 0 saturated heterocycles. The molecule has 1 aliphatic rings. The first-order valence-electron chi connectivity index (χ1n) is 8.65. The summed E-state index contributed by atoms with van der Waals surface area (Å²) in [5.41, 5.74) is 11.0. The second-order valence-corrected chi connectivity index (χ2v) is 6.54. The van der Waals surface area contributed by atoms with Crippen LogP contribution in [0.5, 0.6) is 0 Å². The molecule has 132 valence electrons. The third-order valence-electron chi connectivity index (χ3n) is 4.81. The summed E-state index contributed by atoms with van der Waals surface area (Å²) in [5, 5.41) is 0.733. The van der Waals surface area contributed by atoms with Gasteiger partial charge in [0.1, 0.15) is 0 Å². The lowest BCUT2D eigenvalue weighted by Gasteiger charge is -2.13. The molecule has 0 unspecified atom stereocenters. The Morgan fingerprint density at radius 1 is 1.19 bits per heavy atom. The Balaban J connectivity index is 1.95. The number of nitrogens with two attached hydrogens (primary N) is 1. The number of nitrogen functional groups attached to an aromatic ring is 1. The number of anilines is 1. The first kappa shape index (κ1) is 16.4. The molecule has 2 aromatic heterocycles. The molecule has 5 nitrogen and oxygen atoms in total. The van der Waals surface area contributed by atoms with Crippen molar-refractivity contribution < 1.29 is 9.18 Å². The van der Waals surface area contributed by atoms with Crippen LogP contribution in [0.15, 0.2) is 30.3 Å². The van der Waals surface area contributed by atoms with Crippen LogP contribution in [0.25, 0.3) is 22.0 Å². The van der Waals surface area contributed by atoms with Crippen LogP contribution in [-0.4, -0.2) is 27.3 Å². The summed E-state index contributed by atoms with van der Waals surface area (Å²) in [6.45, 7) is 4.95. The molecule has 3 heterocycles. The monoisotopic (exact) mass is 350 g/mol. The van der Waals surface area contributed by atoms with E-state index in [0.717, 1.165) is 22.9 Å². The molecule has 26 heavy (non-hydrogen) atoms. The minimum absolute atomic E-state index is 0.0567. The van der Waals surface area contributed by atoms with Gasteiger partial charge in [-0.1, -0.05) is 25.1 Å². The summed E-state index contributed by atoms with van der Waals surface area (Å²) < 4.78 is 13.4. The largest absolute Gasteiger partial charge is 0.397 e. The predicted molar refractivity (Wildman–Crippen MR) is 99.1 cm³/mol. The molecular formula is C20H19FN4O. The lowest BCUT2D eigenvalue weighted by molar-refractivity contribution is 0.0779. The van der Waals surface area contributed by atoms with Crippen molar-refractivity contribution in [2.24, 2.45) is 0 Å². The summed E-state index contributed by atoms with van der Waals surface area (Å²) in [7, 11) is 0. The molecule has 1 aliphatic heterocycles. The van der Waals surface area contributed by atoms with E-state index in [-0.39, 0.29) is 5.91 Å². The fraction of sp³-hybridized carbons (Fsp3) is 0.250. The second kappa shape index (κ2) is 6.05. The number of benzene rings is 1. The highest BCUT2D eigenvalue weighted by molar-refractivity contribution is 6.11. The number of nitrogens with zero attached hydrogens (tertiary/aromatic N) is 3. The van der Waals surface area contributed by atoms with Crippen molar-refractivity contribution in [1.29, 1.82) is 0 Å². The quantitative estimate of drug-likeness (QED) is 0.731. The summed E-state index contributed by atoms with van der Waals surface area (Å²) in [5.74, 6) is -0.570. The predicted octanol–water partition coefficient (Wildman–Crippen LogP) is 3.69. The molecule has 2 N–H and O–H groups in total. The third-order valence-corrected chi connectivity index (χ3v) is 4.81. The lowest BCUT2D eigenvalue weighted by atomic mass is 9.98. The number of aromatic nitrogens is 2. The van der Waals surface area contributed by atoms with Crippen LogP contribution in [0.4, 0.5) is 10.1 Å². The van der Waals surface area contributed by atoms with Gasteiger partial charge in [-0.25, -0.2) is 9.97 Å². The van der Waals surface area contributed by atoms with Crippen molar-refractivity contribution in [2.75, 3.05) is 12.3 Å². The number of hydrogen-bond donors (Lipinski definition) is 1. The van der Waals surface area contributed by atoms with E-state index in [1.54, 1.807) is 17.9 Å². The number of halogens is 1. The Hall–Kier alpha value is -3.02. The molecule has 0 spiro atoms. The molecule has 3 aromatic rings. The topological polar surface area (TPSA) is 72.1 Å². The van der Waals surface area contributed by atoms with Crippen LogP contribution in [0, 0.1) is 12.9 Å². The minimum atomic E-state index is -0.513. The minimum Gasteiger partial charge on any atom is -0.397 e. The number of amides is 1. The Morgan fingerprint density at radius 2 is 2.00 bits per heavy atom. The van der Waals surface area contributed by atoms with Gasteiger partial charge in [0, 0.05) is 28.8 Å². The number of fused-ring (bicyclic) bond motifs is 2.